The number of benzene rings is 1. The zero-order valence-electron chi connectivity index (χ0n) is 14.5. The molecule has 0 amide bonds. The number of hydrogen-bond donors (Lipinski definition) is 2. The van der Waals surface area contributed by atoms with Gasteiger partial charge < -0.3 is 20.3 Å². The summed E-state index contributed by atoms with van der Waals surface area (Å²) in [5, 5.41) is 7.19. The Balaban J connectivity index is 1.33. The summed E-state index contributed by atoms with van der Waals surface area (Å²) in [6.45, 7) is 3.68. The number of nitrogens with one attached hydrogen (secondary N) is 2. The van der Waals surface area contributed by atoms with Crippen molar-refractivity contribution in [2.45, 2.75) is 24.8 Å². The largest absolute Gasteiger partial charge is 0.497 e. The monoisotopic (exact) mass is 337 g/mol. The second kappa shape index (κ2) is 5.59. The van der Waals surface area contributed by atoms with Crippen molar-refractivity contribution in [2.24, 2.45) is 5.92 Å². The third-order valence-electron chi connectivity index (χ3n) is 5.94. The van der Waals surface area contributed by atoms with Crippen LogP contribution in [0.1, 0.15) is 19.3 Å². The van der Waals surface area contributed by atoms with Crippen LogP contribution in [0.2, 0.25) is 0 Å². The highest BCUT2D eigenvalue weighted by atomic mass is 16.5. The van der Waals surface area contributed by atoms with Crippen molar-refractivity contribution in [1.29, 1.82) is 0 Å². The summed E-state index contributed by atoms with van der Waals surface area (Å²) >= 11 is 0. The van der Waals surface area contributed by atoms with Crippen LogP contribution in [0.3, 0.4) is 0 Å². The first-order valence-electron chi connectivity index (χ1n) is 9.03. The Hall–Kier alpha value is -2.34. The molecule has 4 aliphatic heterocycles. The molecule has 1 aromatic carbocycles. The van der Waals surface area contributed by atoms with Crippen molar-refractivity contribution in [3.05, 3.63) is 36.3 Å². The third-order valence-corrected chi connectivity index (χ3v) is 5.94. The summed E-state index contributed by atoms with van der Waals surface area (Å²) < 4.78 is 5.24. The highest BCUT2D eigenvalue weighted by Crippen LogP contribution is 2.41. The molecule has 3 saturated heterocycles. The molecule has 1 aromatic heterocycles. The fourth-order valence-corrected chi connectivity index (χ4v) is 4.60. The summed E-state index contributed by atoms with van der Waals surface area (Å²) in [6, 6.07) is 5.76. The molecule has 0 unspecified atom stereocenters. The first kappa shape index (κ1) is 15.0. The van der Waals surface area contributed by atoms with Crippen LogP contribution >= 0.6 is 0 Å². The lowest BCUT2D eigenvalue weighted by Crippen LogP contribution is -2.64. The normalized spacial score (nSPS) is 30.4. The number of nitrogens with zero attached hydrogens (tertiary/aromatic N) is 3. The van der Waals surface area contributed by atoms with E-state index >= 15 is 0 Å². The number of rotatable bonds is 3. The van der Waals surface area contributed by atoms with Gasteiger partial charge >= 0.3 is 0 Å². The SMILES string of the molecule is COc1ccc2nc(NC3=CC[C@@]4(CN5CCC4CC5)N3)cnc2c1. The Kier molecular flexibility index (Phi) is 3.35. The highest BCUT2D eigenvalue weighted by molar-refractivity contribution is 5.77. The van der Waals surface area contributed by atoms with Crippen molar-refractivity contribution < 1.29 is 4.74 Å². The quantitative estimate of drug-likeness (QED) is 0.896. The Morgan fingerprint density at radius 3 is 2.92 bits per heavy atom. The minimum atomic E-state index is 0.219. The number of ether oxygens (including phenoxy) is 1. The van der Waals surface area contributed by atoms with E-state index in [-0.39, 0.29) is 5.54 Å². The molecule has 2 N–H and O–H groups in total. The number of methoxy groups -OCH3 is 1. The number of aromatic nitrogens is 2. The standard InChI is InChI=1S/C19H23N5O/c1-25-14-2-3-15-16(10-14)20-11-18(21-15)22-17-4-7-19(23-17)12-24-8-5-13(19)6-9-24/h2-4,10-11,13,23H,5-9,12H2,1H3,(H,21,22)/t19-/m0/s1. The molecular formula is C19H23N5O. The van der Waals surface area contributed by atoms with Gasteiger partial charge in [0.15, 0.2) is 5.82 Å². The van der Waals surface area contributed by atoms with Gasteiger partial charge in [0.25, 0.3) is 0 Å². The second-order valence-electron chi connectivity index (χ2n) is 7.39. The molecule has 5 heterocycles. The fraction of sp³-hybridized carbons (Fsp3) is 0.474. The Morgan fingerprint density at radius 2 is 2.16 bits per heavy atom. The molecule has 2 bridgehead atoms. The molecule has 6 rings (SSSR count). The first-order chi connectivity index (χ1) is 12.2. The molecule has 0 aliphatic carbocycles. The van der Waals surface area contributed by atoms with E-state index in [0.29, 0.717) is 0 Å². The van der Waals surface area contributed by atoms with Gasteiger partial charge in [-0.05, 0) is 56.5 Å². The van der Waals surface area contributed by atoms with Gasteiger partial charge in [-0.2, -0.15) is 0 Å². The highest BCUT2D eigenvalue weighted by Gasteiger charge is 2.48. The number of anilines is 1. The lowest BCUT2D eigenvalue weighted by molar-refractivity contribution is 0.0189. The van der Waals surface area contributed by atoms with E-state index in [0.717, 1.165) is 47.3 Å². The summed E-state index contributed by atoms with van der Waals surface area (Å²) in [7, 11) is 1.66. The molecule has 0 saturated carbocycles. The summed E-state index contributed by atoms with van der Waals surface area (Å²) in [4.78, 5) is 11.8. The van der Waals surface area contributed by atoms with Crippen LogP contribution in [-0.2, 0) is 0 Å². The average Bonchev–Trinajstić information content (AvgIpc) is 3.04. The lowest BCUT2D eigenvalue weighted by Gasteiger charge is -2.52. The molecule has 25 heavy (non-hydrogen) atoms. The first-order valence-corrected chi connectivity index (χ1v) is 9.03. The van der Waals surface area contributed by atoms with Crippen LogP contribution in [0.15, 0.2) is 36.3 Å². The maximum atomic E-state index is 5.24. The predicted molar refractivity (Wildman–Crippen MR) is 97.4 cm³/mol. The van der Waals surface area contributed by atoms with Gasteiger partial charge in [0.1, 0.15) is 11.6 Å². The Labute approximate surface area is 147 Å². The molecule has 0 radical (unpaired) electrons. The van der Waals surface area contributed by atoms with E-state index in [9.17, 15) is 0 Å². The van der Waals surface area contributed by atoms with Crippen molar-refractivity contribution in [2.75, 3.05) is 32.1 Å². The fourth-order valence-electron chi connectivity index (χ4n) is 4.60. The average molecular weight is 337 g/mol. The molecular weight excluding hydrogens is 314 g/mol. The molecule has 2 aromatic rings. The predicted octanol–water partition coefficient (Wildman–Crippen LogP) is 2.35. The number of hydrogen-bond acceptors (Lipinski definition) is 6. The number of piperidine rings is 3. The van der Waals surface area contributed by atoms with Crippen LogP contribution in [0.4, 0.5) is 5.82 Å². The van der Waals surface area contributed by atoms with E-state index in [1.54, 1.807) is 13.3 Å². The maximum Gasteiger partial charge on any atom is 0.150 e. The van der Waals surface area contributed by atoms with Gasteiger partial charge in [0.05, 0.1) is 29.9 Å². The van der Waals surface area contributed by atoms with Crippen LogP contribution in [0.25, 0.3) is 11.0 Å². The zero-order chi connectivity index (χ0) is 16.9. The van der Waals surface area contributed by atoms with E-state index in [2.05, 4.69) is 31.6 Å². The molecule has 1 spiro atoms. The molecule has 3 fully saturated rings. The van der Waals surface area contributed by atoms with Crippen molar-refractivity contribution in [3.8, 4) is 5.75 Å². The topological polar surface area (TPSA) is 62.3 Å². The summed E-state index contributed by atoms with van der Waals surface area (Å²) in [6.07, 6.45) is 7.78. The van der Waals surface area contributed by atoms with E-state index in [1.165, 1.54) is 25.9 Å². The molecule has 4 aliphatic rings. The smallest absolute Gasteiger partial charge is 0.150 e. The zero-order valence-corrected chi connectivity index (χ0v) is 14.5. The summed E-state index contributed by atoms with van der Waals surface area (Å²) in [5.41, 5.74) is 1.92. The molecule has 6 heteroatoms. The lowest BCUT2D eigenvalue weighted by atomic mass is 9.72. The van der Waals surface area contributed by atoms with Gasteiger partial charge in [0.2, 0.25) is 0 Å². The van der Waals surface area contributed by atoms with Crippen molar-refractivity contribution >= 4 is 16.9 Å². The van der Waals surface area contributed by atoms with Crippen LogP contribution in [-0.4, -0.2) is 47.2 Å². The Bertz CT molecular complexity index is 843. The van der Waals surface area contributed by atoms with Gasteiger partial charge in [0, 0.05) is 12.6 Å². The van der Waals surface area contributed by atoms with Crippen molar-refractivity contribution in [1.82, 2.24) is 20.2 Å². The van der Waals surface area contributed by atoms with Crippen LogP contribution < -0.4 is 15.4 Å². The summed E-state index contributed by atoms with van der Waals surface area (Å²) in [5.74, 6) is 3.42. The van der Waals surface area contributed by atoms with Gasteiger partial charge in [-0.25, -0.2) is 4.98 Å². The maximum absolute atomic E-state index is 5.24. The number of fused-ring (bicyclic) bond motifs is 3. The van der Waals surface area contributed by atoms with E-state index < -0.39 is 0 Å². The van der Waals surface area contributed by atoms with E-state index in [4.69, 9.17) is 4.74 Å². The van der Waals surface area contributed by atoms with Crippen molar-refractivity contribution in [3.63, 3.8) is 0 Å². The minimum absolute atomic E-state index is 0.219. The van der Waals surface area contributed by atoms with Gasteiger partial charge in [-0.15, -0.1) is 0 Å². The van der Waals surface area contributed by atoms with Gasteiger partial charge in [-0.3, -0.25) is 4.98 Å². The van der Waals surface area contributed by atoms with Crippen LogP contribution in [0.5, 0.6) is 5.75 Å². The second-order valence-corrected chi connectivity index (χ2v) is 7.39. The third kappa shape index (κ3) is 2.52. The Morgan fingerprint density at radius 1 is 1.28 bits per heavy atom. The van der Waals surface area contributed by atoms with Gasteiger partial charge in [-0.1, -0.05) is 0 Å². The van der Waals surface area contributed by atoms with E-state index in [1.807, 2.05) is 18.2 Å². The minimum Gasteiger partial charge on any atom is -0.497 e. The van der Waals surface area contributed by atoms with Crippen LogP contribution in [0, 0.1) is 5.92 Å². The molecule has 6 nitrogen and oxygen atoms in total. The molecule has 130 valence electrons. The molecule has 1 atom stereocenters.